The van der Waals surface area contributed by atoms with E-state index >= 15 is 0 Å². The molecule has 112 valence electrons. The third-order valence-corrected chi connectivity index (χ3v) is 5.63. The molecule has 0 radical (unpaired) electrons. The Morgan fingerprint density at radius 2 is 2.29 bits per heavy atom. The molecule has 0 bridgehead atoms. The van der Waals surface area contributed by atoms with Gasteiger partial charge in [0, 0.05) is 10.9 Å². The van der Waals surface area contributed by atoms with Crippen molar-refractivity contribution in [1.82, 2.24) is 14.8 Å². The molecule has 0 atom stereocenters. The SMILES string of the molecule is CC(C)n1c(SCC(=O)O)nnc1-c1cc2c(s1)CCC2. The summed E-state index contributed by atoms with van der Waals surface area (Å²) in [6.45, 7) is 4.14. The molecule has 2 aromatic heterocycles. The Hall–Kier alpha value is -1.34. The van der Waals surface area contributed by atoms with Crippen molar-refractivity contribution < 1.29 is 9.90 Å². The van der Waals surface area contributed by atoms with Crippen LogP contribution in [0, 0.1) is 0 Å². The van der Waals surface area contributed by atoms with Crippen LogP contribution in [0.1, 0.15) is 36.8 Å². The van der Waals surface area contributed by atoms with E-state index in [0.717, 1.165) is 23.5 Å². The van der Waals surface area contributed by atoms with Gasteiger partial charge in [0.05, 0.1) is 10.6 Å². The maximum atomic E-state index is 10.7. The number of rotatable bonds is 5. The van der Waals surface area contributed by atoms with E-state index in [0.29, 0.717) is 5.16 Å². The van der Waals surface area contributed by atoms with Gasteiger partial charge in [-0.2, -0.15) is 0 Å². The van der Waals surface area contributed by atoms with E-state index in [-0.39, 0.29) is 11.8 Å². The van der Waals surface area contributed by atoms with Gasteiger partial charge < -0.3 is 5.11 Å². The maximum Gasteiger partial charge on any atom is 0.313 e. The predicted molar refractivity (Wildman–Crippen MR) is 84.1 cm³/mol. The third-order valence-electron chi connectivity index (χ3n) is 3.47. The molecular weight excluding hydrogens is 306 g/mol. The van der Waals surface area contributed by atoms with Gasteiger partial charge in [0.15, 0.2) is 11.0 Å². The molecule has 21 heavy (non-hydrogen) atoms. The molecular formula is C14H17N3O2S2. The number of aliphatic carboxylic acids is 1. The topological polar surface area (TPSA) is 68.0 Å². The second-order valence-corrected chi connectivity index (χ2v) is 7.44. The fraction of sp³-hybridized carbons (Fsp3) is 0.500. The Morgan fingerprint density at radius 1 is 1.48 bits per heavy atom. The zero-order valence-electron chi connectivity index (χ0n) is 12.0. The van der Waals surface area contributed by atoms with Crippen molar-refractivity contribution >= 4 is 29.1 Å². The minimum absolute atomic E-state index is 0.00575. The summed E-state index contributed by atoms with van der Waals surface area (Å²) in [6, 6.07) is 2.42. The van der Waals surface area contributed by atoms with Gasteiger partial charge in [-0.3, -0.25) is 9.36 Å². The van der Waals surface area contributed by atoms with E-state index in [9.17, 15) is 4.79 Å². The molecule has 0 aromatic carbocycles. The molecule has 1 aliphatic rings. The average molecular weight is 323 g/mol. The van der Waals surface area contributed by atoms with Crippen LogP contribution in [-0.4, -0.2) is 31.6 Å². The van der Waals surface area contributed by atoms with E-state index in [1.165, 1.54) is 28.6 Å². The summed E-state index contributed by atoms with van der Waals surface area (Å²) in [5.41, 5.74) is 1.44. The zero-order valence-corrected chi connectivity index (χ0v) is 13.6. The van der Waals surface area contributed by atoms with Crippen molar-refractivity contribution in [2.45, 2.75) is 44.3 Å². The number of carbonyl (C=O) groups is 1. The molecule has 2 aromatic rings. The first kappa shape index (κ1) is 14.6. The number of thioether (sulfide) groups is 1. The van der Waals surface area contributed by atoms with Gasteiger partial charge in [-0.05, 0) is 44.7 Å². The molecule has 0 amide bonds. The largest absolute Gasteiger partial charge is 0.481 e. The van der Waals surface area contributed by atoms with Gasteiger partial charge in [-0.25, -0.2) is 0 Å². The fourth-order valence-electron chi connectivity index (χ4n) is 2.57. The first-order chi connectivity index (χ1) is 10.1. The minimum Gasteiger partial charge on any atom is -0.481 e. The highest BCUT2D eigenvalue weighted by molar-refractivity contribution is 7.99. The van der Waals surface area contributed by atoms with Gasteiger partial charge in [-0.1, -0.05) is 11.8 Å². The number of carboxylic acid groups (broad SMARTS) is 1. The molecule has 0 fully saturated rings. The number of nitrogens with zero attached hydrogens (tertiary/aromatic N) is 3. The summed E-state index contributed by atoms with van der Waals surface area (Å²) < 4.78 is 2.04. The summed E-state index contributed by atoms with van der Waals surface area (Å²) in [4.78, 5) is 13.4. The summed E-state index contributed by atoms with van der Waals surface area (Å²) in [5, 5.41) is 18.0. The van der Waals surface area contributed by atoms with Gasteiger partial charge in [0.2, 0.25) is 0 Å². The molecule has 1 aliphatic carbocycles. The van der Waals surface area contributed by atoms with E-state index in [4.69, 9.17) is 5.11 Å². The van der Waals surface area contributed by atoms with Crippen LogP contribution in [0.2, 0.25) is 0 Å². The first-order valence-corrected chi connectivity index (χ1v) is 8.78. The summed E-state index contributed by atoms with van der Waals surface area (Å²) in [6.07, 6.45) is 3.57. The first-order valence-electron chi connectivity index (χ1n) is 6.97. The number of fused-ring (bicyclic) bond motifs is 1. The van der Waals surface area contributed by atoms with Gasteiger partial charge >= 0.3 is 5.97 Å². The molecule has 0 unspecified atom stereocenters. The van der Waals surface area contributed by atoms with Crippen molar-refractivity contribution in [2.24, 2.45) is 0 Å². The molecule has 1 N–H and O–H groups in total. The lowest BCUT2D eigenvalue weighted by atomic mass is 10.2. The van der Waals surface area contributed by atoms with Crippen LogP contribution < -0.4 is 0 Å². The lowest BCUT2D eigenvalue weighted by molar-refractivity contribution is -0.133. The van der Waals surface area contributed by atoms with Gasteiger partial charge in [-0.15, -0.1) is 21.5 Å². The Kier molecular flexibility index (Phi) is 4.03. The quantitative estimate of drug-likeness (QED) is 0.856. The van der Waals surface area contributed by atoms with Crippen LogP contribution in [0.5, 0.6) is 0 Å². The zero-order chi connectivity index (χ0) is 15.0. The lowest BCUT2D eigenvalue weighted by Crippen LogP contribution is -2.06. The van der Waals surface area contributed by atoms with Crippen LogP contribution in [0.15, 0.2) is 11.2 Å². The summed E-state index contributed by atoms with van der Waals surface area (Å²) in [7, 11) is 0. The molecule has 0 saturated heterocycles. The fourth-order valence-corrected chi connectivity index (χ4v) is 4.60. The maximum absolute atomic E-state index is 10.7. The second kappa shape index (κ2) is 5.81. The van der Waals surface area contributed by atoms with Crippen molar-refractivity contribution in [2.75, 3.05) is 5.75 Å². The van der Waals surface area contributed by atoms with Crippen molar-refractivity contribution in [1.29, 1.82) is 0 Å². The summed E-state index contributed by atoms with van der Waals surface area (Å²) >= 11 is 3.02. The van der Waals surface area contributed by atoms with Crippen LogP contribution in [-0.2, 0) is 17.6 Å². The Labute approximate surface area is 131 Å². The highest BCUT2D eigenvalue weighted by Crippen LogP contribution is 2.37. The van der Waals surface area contributed by atoms with E-state index in [1.807, 2.05) is 4.57 Å². The summed E-state index contributed by atoms with van der Waals surface area (Å²) in [5.74, 6) is 0.0263. The smallest absolute Gasteiger partial charge is 0.313 e. The second-order valence-electron chi connectivity index (χ2n) is 5.36. The number of aryl methyl sites for hydroxylation is 2. The van der Waals surface area contributed by atoms with E-state index in [1.54, 1.807) is 11.3 Å². The average Bonchev–Trinajstić information content (AvgIpc) is 3.08. The number of hydrogen-bond acceptors (Lipinski definition) is 5. The predicted octanol–water partition coefficient (Wildman–Crippen LogP) is 3.25. The number of hydrogen-bond donors (Lipinski definition) is 1. The Morgan fingerprint density at radius 3 is 2.95 bits per heavy atom. The van der Waals surface area contributed by atoms with E-state index in [2.05, 4.69) is 30.1 Å². The van der Waals surface area contributed by atoms with Crippen molar-refractivity contribution in [3.8, 4) is 10.7 Å². The highest BCUT2D eigenvalue weighted by atomic mass is 32.2. The number of carboxylic acids is 1. The minimum atomic E-state index is -0.838. The third kappa shape index (κ3) is 2.85. The molecule has 0 saturated carbocycles. The molecule has 0 aliphatic heterocycles. The highest BCUT2D eigenvalue weighted by Gasteiger charge is 2.22. The standard InChI is InChI=1S/C14H17N3O2S2/c1-8(2)17-13(15-16-14(17)20-7-12(18)19)11-6-9-4-3-5-10(9)21-11/h6,8H,3-5,7H2,1-2H3,(H,18,19). The number of aromatic nitrogens is 3. The van der Waals surface area contributed by atoms with Crippen LogP contribution >= 0.6 is 23.1 Å². The molecule has 2 heterocycles. The van der Waals surface area contributed by atoms with Gasteiger partial charge in [0.25, 0.3) is 0 Å². The van der Waals surface area contributed by atoms with Crippen LogP contribution in [0.4, 0.5) is 0 Å². The molecule has 3 rings (SSSR count). The Bertz CT molecular complexity index is 654. The van der Waals surface area contributed by atoms with Crippen LogP contribution in [0.25, 0.3) is 10.7 Å². The number of thiophene rings is 1. The molecule has 5 nitrogen and oxygen atoms in total. The monoisotopic (exact) mass is 323 g/mol. The van der Waals surface area contributed by atoms with Gasteiger partial charge in [0.1, 0.15) is 0 Å². The van der Waals surface area contributed by atoms with Crippen molar-refractivity contribution in [3.63, 3.8) is 0 Å². The lowest BCUT2D eigenvalue weighted by Gasteiger charge is -2.12. The normalized spacial score (nSPS) is 13.9. The Balaban J connectivity index is 1.95. The van der Waals surface area contributed by atoms with E-state index < -0.39 is 5.97 Å². The molecule has 0 spiro atoms. The van der Waals surface area contributed by atoms with Crippen molar-refractivity contribution in [3.05, 3.63) is 16.5 Å². The van der Waals surface area contributed by atoms with Crippen LogP contribution in [0.3, 0.4) is 0 Å². The molecule has 7 heteroatoms.